The van der Waals surface area contributed by atoms with Crippen molar-refractivity contribution in [2.75, 3.05) is 0 Å². The molecule has 0 bridgehead atoms. The fourth-order valence-corrected chi connectivity index (χ4v) is 9.23. The van der Waals surface area contributed by atoms with Crippen molar-refractivity contribution in [1.82, 2.24) is 0 Å². The molecule has 3 fully saturated rings. The summed E-state index contributed by atoms with van der Waals surface area (Å²) >= 11 is 0. The summed E-state index contributed by atoms with van der Waals surface area (Å²) in [6.07, 6.45) is 2.83. The number of carbonyl (C=O) groups excluding carboxylic acids is 2. The summed E-state index contributed by atoms with van der Waals surface area (Å²) < 4.78 is 6.57. The molecule has 0 aromatic carbocycles. The van der Waals surface area contributed by atoms with Crippen LogP contribution < -0.4 is 0 Å². The highest BCUT2D eigenvalue weighted by Gasteiger charge is 2.85. The Bertz CT molecular complexity index is 1180. The number of ketones is 2. The molecule has 5 rings (SSSR count). The lowest BCUT2D eigenvalue weighted by molar-refractivity contribution is -0.146. The number of hydrogen-bond acceptors (Lipinski definition) is 7. The number of allylic oxidation sites excluding steroid dienone is 1. The van der Waals surface area contributed by atoms with E-state index in [0.29, 0.717) is 19.3 Å². The Morgan fingerprint density at radius 3 is 2.42 bits per heavy atom. The normalized spacial score (nSPS) is 46.8. The quantitative estimate of drug-likeness (QED) is 0.303. The van der Waals surface area contributed by atoms with Gasteiger partial charge >= 0.3 is 5.97 Å². The Labute approximate surface area is 224 Å². The zero-order chi connectivity index (χ0) is 28.4. The van der Waals surface area contributed by atoms with Gasteiger partial charge in [0.05, 0.1) is 35.2 Å². The molecule has 0 aromatic rings. The Morgan fingerprint density at radius 2 is 1.82 bits per heavy atom. The summed E-state index contributed by atoms with van der Waals surface area (Å²) in [7, 11) is 0. The maximum absolute atomic E-state index is 14.2. The predicted octanol–water partition coefficient (Wildman–Crippen LogP) is 2.97. The van der Waals surface area contributed by atoms with Crippen molar-refractivity contribution in [1.29, 1.82) is 0 Å². The van der Waals surface area contributed by atoms with Crippen LogP contribution in [0.4, 0.5) is 0 Å². The molecule has 38 heavy (non-hydrogen) atoms. The number of aliphatic hydroxyl groups excluding tert-OH is 2. The van der Waals surface area contributed by atoms with Crippen molar-refractivity contribution in [2.24, 2.45) is 33.5 Å². The number of aliphatic hydroxyl groups is 3. The first-order chi connectivity index (χ1) is 17.3. The van der Waals surface area contributed by atoms with Crippen LogP contribution in [0.3, 0.4) is 0 Å². The number of carboxylic acids is 1. The number of hydrogen-bond donors (Lipinski definition) is 4. The van der Waals surface area contributed by atoms with Crippen molar-refractivity contribution in [3.05, 3.63) is 23.3 Å². The lowest BCUT2D eigenvalue weighted by Gasteiger charge is -2.62. The predicted molar refractivity (Wildman–Crippen MR) is 138 cm³/mol. The number of aliphatic carboxylic acids is 1. The molecule has 1 aliphatic heterocycles. The van der Waals surface area contributed by atoms with E-state index in [0.717, 1.165) is 5.57 Å². The molecule has 0 amide bonds. The van der Waals surface area contributed by atoms with E-state index in [1.807, 2.05) is 6.92 Å². The van der Waals surface area contributed by atoms with Gasteiger partial charge in [-0.25, -0.2) is 0 Å². The van der Waals surface area contributed by atoms with Crippen LogP contribution in [0.5, 0.6) is 0 Å². The Balaban J connectivity index is 1.57. The summed E-state index contributed by atoms with van der Waals surface area (Å²) in [5.41, 5.74) is -4.70. The number of rotatable bonds is 6. The van der Waals surface area contributed by atoms with Gasteiger partial charge in [0.2, 0.25) is 0 Å². The van der Waals surface area contributed by atoms with Crippen molar-refractivity contribution >= 4 is 17.5 Å². The molecule has 8 heteroatoms. The SMILES string of the molecule is CC(CC(=O)CC(C)(O)C1=CC(O)C2(C)C1(C)C(=O)C=C1C3(C)CCC(O)C(C)(C)C3CC3OC132)C(=O)O. The molecule has 1 spiro atoms. The third kappa shape index (κ3) is 3.09. The first-order valence-corrected chi connectivity index (χ1v) is 13.8. The first-order valence-electron chi connectivity index (χ1n) is 13.8. The molecule has 10 atom stereocenters. The molecule has 4 N–H and O–H groups in total. The van der Waals surface area contributed by atoms with Gasteiger partial charge in [0, 0.05) is 18.3 Å². The summed E-state index contributed by atoms with van der Waals surface area (Å²) in [6, 6.07) is 0. The van der Waals surface area contributed by atoms with Gasteiger partial charge in [-0.05, 0) is 67.1 Å². The van der Waals surface area contributed by atoms with Crippen molar-refractivity contribution in [2.45, 2.75) is 110 Å². The van der Waals surface area contributed by atoms with E-state index in [1.54, 1.807) is 13.0 Å². The molecule has 2 saturated carbocycles. The number of epoxide rings is 1. The summed E-state index contributed by atoms with van der Waals surface area (Å²) in [6.45, 7) is 12.8. The number of carboxylic acid groups (broad SMARTS) is 1. The molecule has 1 heterocycles. The van der Waals surface area contributed by atoms with Gasteiger partial charge in [-0.1, -0.05) is 40.7 Å². The van der Waals surface area contributed by atoms with Crippen LogP contribution in [0.15, 0.2) is 23.3 Å². The highest BCUT2D eigenvalue weighted by Crippen LogP contribution is 2.79. The maximum Gasteiger partial charge on any atom is 0.306 e. The van der Waals surface area contributed by atoms with E-state index >= 15 is 0 Å². The topological polar surface area (TPSA) is 145 Å². The van der Waals surface area contributed by atoms with E-state index in [2.05, 4.69) is 20.8 Å². The second kappa shape index (κ2) is 7.87. The molecule has 4 aliphatic carbocycles. The second-order valence-electron chi connectivity index (χ2n) is 14.1. The van der Waals surface area contributed by atoms with Crippen LogP contribution in [0, 0.1) is 33.5 Å². The third-order valence-electron chi connectivity index (χ3n) is 11.8. The summed E-state index contributed by atoms with van der Waals surface area (Å²) in [5, 5.41) is 43.3. The van der Waals surface area contributed by atoms with Gasteiger partial charge in [0.25, 0.3) is 0 Å². The highest BCUT2D eigenvalue weighted by atomic mass is 16.6. The maximum atomic E-state index is 14.2. The monoisotopic (exact) mass is 530 g/mol. The summed E-state index contributed by atoms with van der Waals surface area (Å²) in [5.74, 6) is -2.55. The number of carbonyl (C=O) groups is 3. The summed E-state index contributed by atoms with van der Waals surface area (Å²) in [4.78, 5) is 38.2. The number of Topliss-reactive ketones (excluding diaryl/α,β-unsaturated/α-hetero) is 1. The highest BCUT2D eigenvalue weighted by molar-refractivity contribution is 6.02. The molecule has 10 unspecified atom stereocenters. The first kappa shape index (κ1) is 27.7. The van der Waals surface area contributed by atoms with Gasteiger partial charge in [-0.2, -0.15) is 0 Å². The Kier molecular flexibility index (Phi) is 5.73. The Morgan fingerprint density at radius 1 is 1.18 bits per heavy atom. The molecule has 5 aliphatic rings. The van der Waals surface area contributed by atoms with Crippen LogP contribution in [-0.4, -0.2) is 67.5 Å². The minimum Gasteiger partial charge on any atom is -0.481 e. The van der Waals surface area contributed by atoms with Gasteiger partial charge in [0.1, 0.15) is 11.4 Å². The largest absolute Gasteiger partial charge is 0.481 e. The van der Waals surface area contributed by atoms with Crippen LogP contribution in [0.1, 0.15) is 80.6 Å². The van der Waals surface area contributed by atoms with E-state index in [4.69, 9.17) is 4.74 Å². The standard InChI is InChI=1S/C30H42O8/c1-15(24(35)36)10-16(31)14-27(5,37)19-12-22(34)29(7)28(19,6)21(33)11-18-26(4)9-8-20(32)25(2,3)17(26)13-23-30(18,29)38-23/h11-12,15,17,20,22-23,32,34,37H,8-10,13-14H2,1-7H3,(H,35,36). The van der Waals surface area contributed by atoms with Gasteiger partial charge in [-0.15, -0.1) is 0 Å². The molecule has 210 valence electrons. The average Bonchev–Trinajstić information content (AvgIpc) is 3.48. The molecular formula is C30H42O8. The van der Waals surface area contributed by atoms with Crippen molar-refractivity contribution in [3.8, 4) is 0 Å². The van der Waals surface area contributed by atoms with Crippen LogP contribution in [-0.2, 0) is 19.1 Å². The fraction of sp³-hybridized carbons (Fsp3) is 0.767. The van der Waals surface area contributed by atoms with Gasteiger partial charge in [-0.3, -0.25) is 14.4 Å². The zero-order valence-corrected chi connectivity index (χ0v) is 23.5. The smallest absolute Gasteiger partial charge is 0.306 e. The minimum atomic E-state index is -1.76. The zero-order valence-electron chi connectivity index (χ0n) is 23.5. The molecule has 0 aromatic heterocycles. The molecule has 1 saturated heterocycles. The van der Waals surface area contributed by atoms with E-state index < -0.39 is 57.3 Å². The van der Waals surface area contributed by atoms with Crippen LogP contribution >= 0.6 is 0 Å². The van der Waals surface area contributed by atoms with E-state index in [-0.39, 0.29) is 41.6 Å². The van der Waals surface area contributed by atoms with Crippen LogP contribution in [0.2, 0.25) is 0 Å². The van der Waals surface area contributed by atoms with Crippen molar-refractivity contribution < 1.29 is 39.5 Å². The number of fused-ring (bicyclic) bond motifs is 3. The molecular weight excluding hydrogens is 488 g/mol. The van der Waals surface area contributed by atoms with Crippen molar-refractivity contribution in [3.63, 3.8) is 0 Å². The Hall–Kier alpha value is -1.87. The van der Waals surface area contributed by atoms with Gasteiger partial charge in [0.15, 0.2) is 5.78 Å². The fourth-order valence-electron chi connectivity index (χ4n) is 9.23. The second-order valence-corrected chi connectivity index (χ2v) is 14.1. The van der Waals surface area contributed by atoms with Crippen LogP contribution in [0.25, 0.3) is 0 Å². The lowest BCUT2D eigenvalue weighted by atomic mass is 9.40. The van der Waals surface area contributed by atoms with Gasteiger partial charge < -0.3 is 25.2 Å². The third-order valence-corrected chi connectivity index (χ3v) is 11.8. The van der Waals surface area contributed by atoms with E-state index in [9.17, 15) is 34.8 Å². The molecule has 8 nitrogen and oxygen atoms in total. The van der Waals surface area contributed by atoms with E-state index in [1.165, 1.54) is 19.9 Å². The number of ether oxygens (including phenoxy) is 1. The minimum absolute atomic E-state index is 0.0920. The average molecular weight is 531 g/mol. The lowest BCUT2D eigenvalue weighted by Crippen LogP contribution is -2.66. The molecule has 0 radical (unpaired) electrons.